The Bertz CT molecular complexity index is 433. The van der Waals surface area contributed by atoms with Gasteiger partial charge in [-0.2, -0.15) is 0 Å². The van der Waals surface area contributed by atoms with E-state index in [4.69, 9.17) is 5.73 Å². The lowest BCUT2D eigenvalue weighted by molar-refractivity contribution is 0.0688. The molecule has 0 bridgehead atoms. The molecule has 1 saturated heterocycles. The number of hydrogen-bond acceptors (Lipinski definition) is 2. The van der Waals surface area contributed by atoms with E-state index < -0.39 is 0 Å². The highest BCUT2D eigenvalue weighted by molar-refractivity contribution is 9.10. The first-order valence-corrected chi connectivity index (χ1v) is 7.66. The molecular weight excluding hydrogens is 304 g/mol. The summed E-state index contributed by atoms with van der Waals surface area (Å²) in [5.41, 5.74) is 7.48. The fourth-order valence-electron chi connectivity index (χ4n) is 2.70. The number of carbonyl (C=O) groups excluding carboxylic acids is 1. The molecule has 0 unspecified atom stereocenters. The molecule has 4 heteroatoms. The number of halogens is 1. The molecule has 104 valence electrons. The summed E-state index contributed by atoms with van der Waals surface area (Å²) in [6.45, 7) is 4.47. The quantitative estimate of drug-likeness (QED) is 0.929. The standard InChI is InChI=1S/C15H21BrN2O/c1-11-8-13(10-14(16)9-11)15(19)18-6-3-12(2-5-17)4-7-18/h8-10,12H,2-7,17H2,1H3. The van der Waals surface area contributed by atoms with Gasteiger partial charge in [0, 0.05) is 23.1 Å². The maximum absolute atomic E-state index is 12.4. The van der Waals surface area contributed by atoms with Crippen LogP contribution in [0.1, 0.15) is 35.2 Å². The molecule has 1 aliphatic rings. The van der Waals surface area contributed by atoms with Gasteiger partial charge < -0.3 is 10.6 Å². The summed E-state index contributed by atoms with van der Waals surface area (Å²) in [7, 11) is 0. The fourth-order valence-corrected chi connectivity index (χ4v) is 3.31. The van der Waals surface area contributed by atoms with Gasteiger partial charge in [-0.3, -0.25) is 4.79 Å². The Morgan fingerprint density at radius 2 is 2.05 bits per heavy atom. The molecule has 0 atom stereocenters. The van der Waals surface area contributed by atoms with Gasteiger partial charge in [0.1, 0.15) is 0 Å². The molecule has 19 heavy (non-hydrogen) atoms. The highest BCUT2D eigenvalue weighted by Crippen LogP contribution is 2.22. The molecule has 0 spiro atoms. The van der Waals surface area contributed by atoms with E-state index in [0.29, 0.717) is 5.92 Å². The van der Waals surface area contributed by atoms with Crippen LogP contribution in [-0.4, -0.2) is 30.4 Å². The normalized spacial score (nSPS) is 16.7. The lowest BCUT2D eigenvalue weighted by Gasteiger charge is -2.32. The van der Waals surface area contributed by atoms with E-state index in [9.17, 15) is 4.79 Å². The number of nitrogens with zero attached hydrogens (tertiary/aromatic N) is 1. The summed E-state index contributed by atoms with van der Waals surface area (Å²) < 4.78 is 0.967. The third-order valence-corrected chi connectivity index (χ3v) is 4.22. The van der Waals surface area contributed by atoms with E-state index in [2.05, 4.69) is 15.9 Å². The first-order chi connectivity index (χ1) is 9.10. The molecule has 1 aliphatic heterocycles. The summed E-state index contributed by atoms with van der Waals surface area (Å²) in [6, 6.07) is 5.88. The van der Waals surface area contributed by atoms with Crippen LogP contribution in [0.15, 0.2) is 22.7 Å². The topological polar surface area (TPSA) is 46.3 Å². The predicted octanol–water partition coefficient (Wildman–Crippen LogP) is 2.96. The van der Waals surface area contributed by atoms with Gasteiger partial charge in [-0.05, 0) is 62.4 Å². The number of hydrogen-bond donors (Lipinski definition) is 1. The van der Waals surface area contributed by atoms with Crippen molar-refractivity contribution in [1.29, 1.82) is 0 Å². The molecule has 0 saturated carbocycles. The molecule has 0 aromatic heterocycles. The largest absolute Gasteiger partial charge is 0.339 e. The Balaban J connectivity index is 2.01. The third kappa shape index (κ3) is 3.80. The summed E-state index contributed by atoms with van der Waals surface area (Å²) in [5, 5.41) is 0. The van der Waals surface area contributed by atoms with Crippen LogP contribution in [0.3, 0.4) is 0 Å². The molecule has 2 N–H and O–H groups in total. The average molecular weight is 325 g/mol. The van der Waals surface area contributed by atoms with Crippen LogP contribution in [0, 0.1) is 12.8 Å². The first-order valence-electron chi connectivity index (χ1n) is 6.86. The van der Waals surface area contributed by atoms with E-state index in [0.717, 1.165) is 54.5 Å². The van der Waals surface area contributed by atoms with Gasteiger partial charge in [-0.15, -0.1) is 0 Å². The smallest absolute Gasteiger partial charge is 0.253 e. The van der Waals surface area contributed by atoms with Crippen molar-refractivity contribution in [2.75, 3.05) is 19.6 Å². The maximum atomic E-state index is 12.4. The Hall–Kier alpha value is -0.870. The highest BCUT2D eigenvalue weighted by atomic mass is 79.9. The zero-order chi connectivity index (χ0) is 13.8. The molecular formula is C15H21BrN2O. The number of carbonyl (C=O) groups is 1. The van der Waals surface area contributed by atoms with Crippen LogP contribution in [-0.2, 0) is 0 Å². The molecule has 0 aliphatic carbocycles. The number of aryl methyl sites for hydroxylation is 1. The Morgan fingerprint density at radius 1 is 1.37 bits per heavy atom. The molecule has 1 fully saturated rings. The number of nitrogens with two attached hydrogens (primary N) is 1. The van der Waals surface area contributed by atoms with E-state index in [1.807, 2.05) is 30.0 Å². The maximum Gasteiger partial charge on any atom is 0.253 e. The third-order valence-electron chi connectivity index (χ3n) is 3.77. The zero-order valence-corrected chi connectivity index (χ0v) is 12.9. The van der Waals surface area contributed by atoms with Crippen LogP contribution in [0.4, 0.5) is 0 Å². The molecule has 1 aromatic rings. The SMILES string of the molecule is Cc1cc(Br)cc(C(=O)N2CCC(CCN)CC2)c1. The van der Waals surface area contributed by atoms with Crippen molar-refractivity contribution in [3.8, 4) is 0 Å². The van der Waals surface area contributed by atoms with Gasteiger partial charge in [0.05, 0.1) is 0 Å². The lowest BCUT2D eigenvalue weighted by atomic mass is 9.93. The average Bonchev–Trinajstić information content (AvgIpc) is 2.38. The minimum atomic E-state index is 0.149. The molecule has 1 amide bonds. The molecule has 1 heterocycles. The van der Waals surface area contributed by atoms with Gasteiger partial charge >= 0.3 is 0 Å². The van der Waals surface area contributed by atoms with Gasteiger partial charge in [-0.1, -0.05) is 15.9 Å². The van der Waals surface area contributed by atoms with Crippen molar-refractivity contribution in [3.05, 3.63) is 33.8 Å². The predicted molar refractivity (Wildman–Crippen MR) is 81.2 cm³/mol. The van der Waals surface area contributed by atoms with Crippen molar-refractivity contribution >= 4 is 21.8 Å². The number of rotatable bonds is 3. The van der Waals surface area contributed by atoms with E-state index in [1.54, 1.807) is 0 Å². The summed E-state index contributed by atoms with van der Waals surface area (Å²) in [5.74, 6) is 0.842. The number of likely N-dealkylation sites (tertiary alicyclic amines) is 1. The van der Waals surface area contributed by atoms with Crippen molar-refractivity contribution in [3.63, 3.8) is 0 Å². The number of amides is 1. The number of benzene rings is 1. The summed E-state index contributed by atoms with van der Waals surface area (Å²) in [4.78, 5) is 14.4. The number of piperidine rings is 1. The minimum Gasteiger partial charge on any atom is -0.339 e. The molecule has 1 aromatic carbocycles. The van der Waals surface area contributed by atoms with Gasteiger partial charge in [0.15, 0.2) is 0 Å². The first kappa shape index (κ1) is 14.5. The van der Waals surface area contributed by atoms with E-state index in [-0.39, 0.29) is 5.91 Å². The Kier molecular flexibility index (Phi) is 4.99. The van der Waals surface area contributed by atoms with Crippen LogP contribution < -0.4 is 5.73 Å². The van der Waals surface area contributed by atoms with Crippen molar-refractivity contribution < 1.29 is 4.79 Å². The molecule has 2 rings (SSSR count). The second kappa shape index (κ2) is 6.53. The van der Waals surface area contributed by atoms with E-state index in [1.165, 1.54) is 0 Å². The second-order valence-corrected chi connectivity index (χ2v) is 6.25. The Morgan fingerprint density at radius 3 is 2.63 bits per heavy atom. The van der Waals surface area contributed by atoms with Crippen LogP contribution in [0.25, 0.3) is 0 Å². The summed E-state index contributed by atoms with van der Waals surface area (Å²) >= 11 is 3.45. The molecule has 0 radical (unpaired) electrons. The molecule has 3 nitrogen and oxygen atoms in total. The second-order valence-electron chi connectivity index (χ2n) is 5.33. The Labute approximate surface area is 123 Å². The van der Waals surface area contributed by atoms with Gasteiger partial charge in [-0.25, -0.2) is 0 Å². The van der Waals surface area contributed by atoms with Crippen LogP contribution in [0.2, 0.25) is 0 Å². The van der Waals surface area contributed by atoms with E-state index >= 15 is 0 Å². The van der Waals surface area contributed by atoms with Crippen molar-refractivity contribution in [2.45, 2.75) is 26.2 Å². The van der Waals surface area contributed by atoms with Crippen molar-refractivity contribution in [1.82, 2.24) is 4.90 Å². The monoisotopic (exact) mass is 324 g/mol. The minimum absolute atomic E-state index is 0.149. The lowest BCUT2D eigenvalue weighted by Crippen LogP contribution is -2.38. The highest BCUT2D eigenvalue weighted by Gasteiger charge is 2.23. The fraction of sp³-hybridized carbons (Fsp3) is 0.533. The summed E-state index contributed by atoms with van der Waals surface area (Å²) in [6.07, 6.45) is 3.24. The van der Waals surface area contributed by atoms with Crippen molar-refractivity contribution in [2.24, 2.45) is 11.7 Å². The van der Waals surface area contributed by atoms with Crippen LogP contribution >= 0.6 is 15.9 Å². The van der Waals surface area contributed by atoms with Crippen LogP contribution in [0.5, 0.6) is 0 Å². The zero-order valence-electron chi connectivity index (χ0n) is 11.4. The van der Waals surface area contributed by atoms with Gasteiger partial charge in [0.25, 0.3) is 5.91 Å². The van der Waals surface area contributed by atoms with Gasteiger partial charge in [0.2, 0.25) is 0 Å².